The van der Waals surface area contributed by atoms with Gasteiger partial charge in [-0.05, 0) is 37.1 Å². The zero-order valence-electron chi connectivity index (χ0n) is 17.8. The van der Waals surface area contributed by atoms with Crippen LogP contribution in [0.3, 0.4) is 0 Å². The van der Waals surface area contributed by atoms with Crippen LogP contribution in [0.15, 0.2) is 60.7 Å². The van der Waals surface area contributed by atoms with Crippen LogP contribution in [0.4, 0.5) is 0 Å². The van der Waals surface area contributed by atoms with Crippen LogP contribution < -0.4 is 0 Å². The van der Waals surface area contributed by atoms with Gasteiger partial charge < -0.3 is 4.74 Å². The fourth-order valence-corrected chi connectivity index (χ4v) is 3.79. The Kier molecular flexibility index (Phi) is 8.00. The lowest BCUT2D eigenvalue weighted by molar-refractivity contribution is -0.0757. The van der Waals surface area contributed by atoms with Crippen LogP contribution in [-0.2, 0) is 10.5 Å². The number of ether oxygens (including phenoxy) is 1. The van der Waals surface area contributed by atoms with Crippen LogP contribution in [-0.4, -0.2) is 21.6 Å². The van der Waals surface area contributed by atoms with Crippen molar-refractivity contribution >= 4 is 17.1 Å². The van der Waals surface area contributed by atoms with Gasteiger partial charge in [-0.3, -0.25) is 0 Å². The second kappa shape index (κ2) is 10.9. The van der Waals surface area contributed by atoms with Crippen molar-refractivity contribution in [1.29, 1.82) is 0 Å². The summed E-state index contributed by atoms with van der Waals surface area (Å²) in [5, 5.41) is 8.91. The fraction of sp³-hybridized carbons (Fsp3) is 0.440. The Bertz CT molecular complexity index is 887. The number of aromatic nitrogens is 3. The zero-order valence-corrected chi connectivity index (χ0v) is 17.8. The summed E-state index contributed by atoms with van der Waals surface area (Å²) in [5.74, 6) is 0. The van der Waals surface area contributed by atoms with Crippen molar-refractivity contribution in [1.82, 2.24) is 15.0 Å². The van der Waals surface area contributed by atoms with Crippen LogP contribution in [0.1, 0.15) is 64.4 Å². The molecule has 4 nitrogen and oxygen atoms in total. The Morgan fingerprint density at radius 2 is 1.62 bits per heavy atom. The van der Waals surface area contributed by atoms with Crippen molar-refractivity contribution < 1.29 is 4.74 Å². The Hall–Kier alpha value is -2.46. The monoisotopic (exact) mass is 391 g/mol. The molecule has 0 aliphatic heterocycles. The molecule has 0 spiro atoms. The highest BCUT2D eigenvalue weighted by Gasteiger charge is 2.32. The standard InChI is InChI=1S/C25H33N3O/c1-3-5-6-7-8-14-20-25(29-4-2,21-19-22-15-10-9-11-16-22)28-24-18-13-12-17-23(24)26-27-28/h9-13,15-19,21H,3-8,14,20H2,1-2H3/b21-19+. The molecule has 1 atom stereocenters. The van der Waals surface area contributed by atoms with Gasteiger partial charge in [0.05, 0.1) is 5.52 Å². The molecular weight excluding hydrogens is 358 g/mol. The first-order valence-electron chi connectivity index (χ1n) is 11.0. The van der Waals surface area contributed by atoms with E-state index in [9.17, 15) is 0 Å². The second-order valence-electron chi connectivity index (χ2n) is 7.53. The first-order chi connectivity index (χ1) is 14.3. The van der Waals surface area contributed by atoms with Crippen LogP contribution in [0.2, 0.25) is 0 Å². The second-order valence-corrected chi connectivity index (χ2v) is 7.53. The van der Waals surface area contributed by atoms with Crippen molar-refractivity contribution in [3.8, 4) is 0 Å². The maximum atomic E-state index is 6.41. The average molecular weight is 392 g/mol. The summed E-state index contributed by atoms with van der Waals surface area (Å²) in [6.07, 6.45) is 12.7. The molecule has 0 amide bonds. The molecular formula is C25H33N3O. The third-order valence-corrected chi connectivity index (χ3v) is 5.33. The molecule has 2 aromatic carbocycles. The van der Waals surface area contributed by atoms with Gasteiger partial charge in [-0.1, -0.05) is 92.8 Å². The summed E-state index contributed by atoms with van der Waals surface area (Å²) in [6, 6.07) is 18.5. The van der Waals surface area contributed by atoms with E-state index in [-0.39, 0.29) is 0 Å². The molecule has 0 radical (unpaired) electrons. The maximum Gasteiger partial charge on any atom is 0.182 e. The number of para-hydroxylation sites is 1. The Balaban J connectivity index is 1.90. The molecule has 3 rings (SSSR count). The summed E-state index contributed by atoms with van der Waals surface area (Å²) in [7, 11) is 0. The predicted octanol–water partition coefficient (Wildman–Crippen LogP) is 6.58. The van der Waals surface area contributed by atoms with Crippen molar-refractivity contribution in [2.45, 2.75) is 64.5 Å². The number of unbranched alkanes of at least 4 members (excludes halogenated alkanes) is 5. The van der Waals surface area contributed by atoms with E-state index in [1.165, 1.54) is 32.1 Å². The highest BCUT2D eigenvalue weighted by atomic mass is 16.5. The van der Waals surface area contributed by atoms with Crippen LogP contribution in [0.5, 0.6) is 0 Å². The molecule has 0 fully saturated rings. The minimum Gasteiger partial charge on any atom is -0.350 e. The van der Waals surface area contributed by atoms with Gasteiger partial charge in [0, 0.05) is 13.0 Å². The summed E-state index contributed by atoms with van der Waals surface area (Å²) >= 11 is 0. The Morgan fingerprint density at radius 3 is 2.41 bits per heavy atom. The third-order valence-electron chi connectivity index (χ3n) is 5.33. The SMILES string of the molecule is CCCCCCCCC(/C=C/c1ccccc1)(OCC)n1nnc2ccccc21. The molecule has 0 saturated heterocycles. The molecule has 29 heavy (non-hydrogen) atoms. The van der Waals surface area contributed by atoms with E-state index in [2.05, 4.69) is 59.7 Å². The van der Waals surface area contributed by atoms with E-state index in [0.717, 1.165) is 29.4 Å². The molecule has 1 heterocycles. The van der Waals surface area contributed by atoms with Crippen molar-refractivity contribution in [3.63, 3.8) is 0 Å². The van der Waals surface area contributed by atoms with Gasteiger partial charge in [0.2, 0.25) is 0 Å². The number of hydrogen-bond acceptors (Lipinski definition) is 3. The lowest BCUT2D eigenvalue weighted by Gasteiger charge is -2.31. The van der Waals surface area contributed by atoms with Gasteiger partial charge >= 0.3 is 0 Å². The number of hydrogen-bond donors (Lipinski definition) is 0. The molecule has 0 aliphatic rings. The normalized spacial score (nSPS) is 13.9. The Morgan fingerprint density at radius 1 is 0.897 bits per heavy atom. The molecule has 0 bridgehead atoms. The van der Waals surface area contributed by atoms with Crippen LogP contribution in [0.25, 0.3) is 17.1 Å². The molecule has 154 valence electrons. The van der Waals surface area contributed by atoms with Crippen LogP contribution in [0, 0.1) is 0 Å². The summed E-state index contributed by atoms with van der Waals surface area (Å²) in [6.45, 7) is 4.92. The summed E-state index contributed by atoms with van der Waals surface area (Å²) in [4.78, 5) is 0. The van der Waals surface area contributed by atoms with E-state index >= 15 is 0 Å². The van der Waals surface area contributed by atoms with Gasteiger partial charge in [0.1, 0.15) is 5.52 Å². The topological polar surface area (TPSA) is 39.9 Å². The third kappa shape index (κ3) is 5.54. The largest absolute Gasteiger partial charge is 0.350 e. The lowest BCUT2D eigenvalue weighted by Crippen LogP contribution is -2.36. The van der Waals surface area contributed by atoms with Gasteiger partial charge in [0.25, 0.3) is 0 Å². The summed E-state index contributed by atoms with van der Waals surface area (Å²) < 4.78 is 8.37. The molecule has 0 saturated carbocycles. The van der Waals surface area contributed by atoms with Crippen molar-refractivity contribution in [3.05, 3.63) is 66.2 Å². The fourth-order valence-electron chi connectivity index (χ4n) is 3.79. The average Bonchev–Trinajstić information content (AvgIpc) is 3.20. The van der Waals surface area contributed by atoms with E-state index < -0.39 is 5.72 Å². The molecule has 0 N–H and O–H groups in total. The minimum absolute atomic E-state index is 0.614. The number of benzene rings is 2. The van der Waals surface area contributed by atoms with Gasteiger partial charge in [-0.15, -0.1) is 5.10 Å². The molecule has 3 aromatic rings. The zero-order chi connectivity index (χ0) is 20.4. The molecule has 4 heteroatoms. The number of fused-ring (bicyclic) bond motifs is 1. The van der Waals surface area contributed by atoms with Gasteiger partial charge in [-0.25, -0.2) is 4.68 Å². The highest BCUT2D eigenvalue weighted by molar-refractivity contribution is 5.74. The number of nitrogens with zero attached hydrogens (tertiary/aromatic N) is 3. The van der Waals surface area contributed by atoms with Crippen molar-refractivity contribution in [2.75, 3.05) is 6.61 Å². The van der Waals surface area contributed by atoms with E-state index in [1.807, 2.05) is 35.9 Å². The first-order valence-corrected chi connectivity index (χ1v) is 11.0. The molecule has 0 aliphatic carbocycles. The van der Waals surface area contributed by atoms with Crippen LogP contribution >= 0.6 is 0 Å². The van der Waals surface area contributed by atoms with Gasteiger partial charge in [0.15, 0.2) is 5.72 Å². The maximum absolute atomic E-state index is 6.41. The minimum atomic E-state index is -0.633. The smallest absolute Gasteiger partial charge is 0.182 e. The van der Waals surface area contributed by atoms with E-state index in [0.29, 0.717) is 6.61 Å². The van der Waals surface area contributed by atoms with Crippen molar-refractivity contribution in [2.24, 2.45) is 0 Å². The molecule has 1 aromatic heterocycles. The van der Waals surface area contributed by atoms with E-state index in [1.54, 1.807) is 0 Å². The quantitative estimate of drug-likeness (QED) is 0.327. The predicted molar refractivity (Wildman–Crippen MR) is 121 cm³/mol. The molecule has 1 unspecified atom stereocenters. The highest BCUT2D eigenvalue weighted by Crippen LogP contribution is 2.31. The number of rotatable bonds is 12. The van der Waals surface area contributed by atoms with E-state index in [4.69, 9.17) is 4.74 Å². The van der Waals surface area contributed by atoms with Gasteiger partial charge in [-0.2, -0.15) is 0 Å². The first kappa shape index (κ1) is 21.3. The lowest BCUT2D eigenvalue weighted by atomic mass is 10.0. The Labute approximate surface area is 174 Å². The summed E-state index contributed by atoms with van der Waals surface area (Å²) in [5.41, 5.74) is 2.42.